The fourth-order valence-electron chi connectivity index (χ4n) is 4.05. The van der Waals surface area contributed by atoms with Crippen LogP contribution in [0.5, 0.6) is 0 Å². The molecule has 0 unspecified atom stereocenters. The van der Waals surface area contributed by atoms with Gasteiger partial charge in [0.15, 0.2) is 0 Å². The van der Waals surface area contributed by atoms with Gasteiger partial charge in [-0.25, -0.2) is 13.1 Å². The standard InChI is InChI=1S/C27H42N2O3S/c1-19(2)23-16-24(20(3)4)27(25(17-23)21(5)6)33(31,32)29-18-26(30)28-15-11-10-14-22-12-8-7-9-13-22/h7-8,13,16-17,19-21,29H,9-12,14-15,18H2,1-6H3,(H,28,30). The second kappa shape index (κ2) is 12.5. The van der Waals surface area contributed by atoms with E-state index in [0.29, 0.717) is 17.4 Å². The van der Waals surface area contributed by atoms with Gasteiger partial charge in [-0.2, -0.15) is 0 Å². The number of hydrogen-bond acceptors (Lipinski definition) is 3. The summed E-state index contributed by atoms with van der Waals surface area (Å²) in [5.74, 6) is 0.114. The Hall–Kier alpha value is -1.92. The summed E-state index contributed by atoms with van der Waals surface area (Å²) in [5.41, 5.74) is 4.22. The molecule has 0 heterocycles. The molecule has 0 saturated carbocycles. The first-order chi connectivity index (χ1) is 15.5. The van der Waals surface area contributed by atoms with E-state index in [2.05, 4.69) is 42.1 Å². The number of carbonyl (C=O) groups excluding carboxylic acids is 1. The van der Waals surface area contributed by atoms with Gasteiger partial charge < -0.3 is 5.32 Å². The van der Waals surface area contributed by atoms with E-state index in [9.17, 15) is 13.2 Å². The fourth-order valence-corrected chi connectivity index (χ4v) is 5.73. The van der Waals surface area contributed by atoms with Crippen LogP contribution in [-0.4, -0.2) is 27.4 Å². The van der Waals surface area contributed by atoms with Crippen LogP contribution < -0.4 is 10.0 Å². The summed E-state index contributed by atoms with van der Waals surface area (Å²) in [6.45, 7) is 12.6. The number of hydrogen-bond donors (Lipinski definition) is 2. The molecule has 1 aliphatic carbocycles. The molecule has 5 nitrogen and oxygen atoms in total. The molecule has 1 amide bonds. The third kappa shape index (κ3) is 8.11. The van der Waals surface area contributed by atoms with Crippen LogP contribution in [0, 0.1) is 0 Å². The van der Waals surface area contributed by atoms with Crippen molar-refractivity contribution in [3.8, 4) is 0 Å². The predicted octanol–water partition coefficient (Wildman–Crippen LogP) is 5.90. The van der Waals surface area contributed by atoms with E-state index in [4.69, 9.17) is 0 Å². The van der Waals surface area contributed by atoms with Gasteiger partial charge in [0.2, 0.25) is 15.9 Å². The molecule has 0 radical (unpaired) electrons. The van der Waals surface area contributed by atoms with Gasteiger partial charge in [-0.3, -0.25) is 4.79 Å². The minimum absolute atomic E-state index is 0.0522. The van der Waals surface area contributed by atoms with Crippen LogP contribution in [0.25, 0.3) is 0 Å². The fraction of sp³-hybridized carbons (Fsp3) is 0.593. The predicted molar refractivity (Wildman–Crippen MR) is 137 cm³/mol. The van der Waals surface area contributed by atoms with Crippen LogP contribution in [0.15, 0.2) is 40.8 Å². The Morgan fingerprint density at radius 1 is 0.939 bits per heavy atom. The van der Waals surface area contributed by atoms with Crippen LogP contribution in [0.4, 0.5) is 0 Å². The molecule has 1 aromatic carbocycles. The number of sulfonamides is 1. The van der Waals surface area contributed by atoms with Crippen molar-refractivity contribution >= 4 is 15.9 Å². The van der Waals surface area contributed by atoms with Gasteiger partial charge >= 0.3 is 0 Å². The molecule has 0 aromatic heterocycles. The van der Waals surface area contributed by atoms with Crippen molar-refractivity contribution in [2.75, 3.05) is 13.1 Å². The van der Waals surface area contributed by atoms with E-state index < -0.39 is 10.0 Å². The number of amides is 1. The topological polar surface area (TPSA) is 75.3 Å². The number of carbonyl (C=O) groups is 1. The normalized spacial score (nSPS) is 14.3. The van der Waals surface area contributed by atoms with Gasteiger partial charge in [-0.1, -0.05) is 77.5 Å². The molecular weight excluding hydrogens is 432 g/mol. The number of nitrogens with one attached hydrogen (secondary N) is 2. The van der Waals surface area contributed by atoms with Crippen molar-refractivity contribution in [2.24, 2.45) is 0 Å². The van der Waals surface area contributed by atoms with Crippen LogP contribution in [0.3, 0.4) is 0 Å². The number of unbranched alkanes of at least 4 members (excludes halogenated alkanes) is 1. The maximum Gasteiger partial charge on any atom is 0.241 e. The Labute approximate surface area is 201 Å². The van der Waals surface area contributed by atoms with Crippen molar-refractivity contribution in [3.05, 3.63) is 52.6 Å². The quantitative estimate of drug-likeness (QED) is 0.293. The lowest BCUT2D eigenvalue weighted by Crippen LogP contribution is -2.38. The Kier molecular flexibility index (Phi) is 10.4. The second-order valence-corrected chi connectivity index (χ2v) is 11.6. The number of rotatable bonds is 12. The number of benzene rings is 1. The third-order valence-corrected chi connectivity index (χ3v) is 7.64. The molecule has 1 aliphatic rings. The molecule has 6 heteroatoms. The molecule has 0 atom stereocenters. The molecule has 0 aliphatic heterocycles. The van der Waals surface area contributed by atoms with E-state index >= 15 is 0 Å². The first kappa shape index (κ1) is 27.3. The zero-order valence-electron chi connectivity index (χ0n) is 21.2. The number of allylic oxidation sites excluding steroid dienone is 4. The molecule has 0 bridgehead atoms. The lowest BCUT2D eigenvalue weighted by molar-refractivity contribution is -0.119. The third-order valence-electron chi connectivity index (χ3n) is 6.11. The summed E-state index contributed by atoms with van der Waals surface area (Å²) in [6.07, 6.45) is 11.7. The molecule has 2 rings (SSSR count). The molecule has 2 N–H and O–H groups in total. The van der Waals surface area contributed by atoms with Crippen molar-refractivity contribution in [1.82, 2.24) is 10.0 Å². The van der Waals surface area contributed by atoms with E-state index in [0.717, 1.165) is 48.8 Å². The van der Waals surface area contributed by atoms with Crippen molar-refractivity contribution < 1.29 is 13.2 Å². The highest BCUT2D eigenvalue weighted by atomic mass is 32.2. The largest absolute Gasteiger partial charge is 0.355 e. The van der Waals surface area contributed by atoms with Crippen LogP contribution in [0.1, 0.15) is 108 Å². The second-order valence-electron chi connectivity index (χ2n) is 9.90. The molecule has 184 valence electrons. The van der Waals surface area contributed by atoms with Crippen molar-refractivity contribution in [3.63, 3.8) is 0 Å². The van der Waals surface area contributed by atoms with E-state index in [1.807, 2.05) is 39.8 Å². The zero-order valence-corrected chi connectivity index (χ0v) is 22.0. The average Bonchev–Trinajstić information content (AvgIpc) is 2.77. The highest BCUT2D eigenvalue weighted by molar-refractivity contribution is 7.89. The minimum Gasteiger partial charge on any atom is -0.355 e. The Balaban J connectivity index is 2.00. The van der Waals surface area contributed by atoms with Gasteiger partial charge in [0.1, 0.15) is 0 Å². The highest BCUT2D eigenvalue weighted by Crippen LogP contribution is 2.34. The Bertz CT molecular complexity index is 944. The van der Waals surface area contributed by atoms with Crippen LogP contribution in [0.2, 0.25) is 0 Å². The molecule has 0 spiro atoms. The monoisotopic (exact) mass is 474 g/mol. The summed E-state index contributed by atoms with van der Waals surface area (Å²) < 4.78 is 29.2. The van der Waals surface area contributed by atoms with Gasteiger partial charge in [-0.05, 0) is 66.5 Å². The maximum absolute atomic E-state index is 13.3. The van der Waals surface area contributed by atoms with Gasteiger partial charge in [0, 0.05) is 6.54 Å². The Morgan fingerprint density at radius 2 is 1.58 bits per heavy atom. The first-order valence-corrected chi connectivity index (χ1v) is 13.8. The minimum atomic E-state index is -3.82. The summed E-state index contributed by atoms with van der Waals surface area (Å²) in [6, 6.07) is 4.01. The first-order valence-electron chi connectivity index (χ1n) is 12.3. The maximum atomic E-state index is 13.3. The lowest BCUT2D eigenvalue weighted by atomic mass is 9.89. The van der Waals surface area contributed by atoms with Crippen molar-refractivity contribution in [2.45, 2.75) is 96.3 Å². The van der Waals surface area contributed by atoms with E-state index in [1.54, 1.807) is 0 Å². The van der Waals surface area contributed by atoms with Gasteiger partial charge in [0.25, 0.3) is 0 Å². The average molecular weight is 475 g/mol. The summed E-state index contributed by atoms with van der Waals surface area (Å²) in [7, 11) is -3.82. The SMILES string of the molecule is CC(C)c1cc(C(C)C)c(S(=O)(=O)NCC(=O)NCCCCC2=CCC=CC2)c(C(C)C)c1. The van der Waals surface area contributed by atoms with Gasteiger partial charge in [0.05, 0.1) is 11.4 Å². The summed E-state index contributed by atoms with van der Waals surface area (Å²) >= 11 is 0. The van der Waals surface area contributed by atoms with Gasteiger partial charge in [-0.15, -0.1) is 0 Å². The van der Waals surface area contributed by atoms with E-state index in [1.165, 1.54) is 5.57 Å². The van der Waals surface area contributed by atoms with Crippen LogP contribution in [-0.2, 0) is 14.8 Å². The molecule has 0 saturated heterocycles. The smallest absolute Gasteiger partial charge is 0.241 e. The highest BCUT2D eigenvalue weighted by Gasteiger charge is 2.27. The van der Waals surface area contributed by atoms with E-state index in [-0.39, 0.29) is 24.3 Å². The van der Waals surface area contributed by atoms with Crippen LogP contribution >= 0.6 is 0 Å². The lowest BCUT2D eigenvalue weighted by Gasteiger charge is -2.23. The molecule has 1 aromatic rings. The Morgan fingerprint density at radius 3 is 2.09 bits per heavy atom. The zero-order chi connectivity index (χ0) is 24.6. The molecule has 0 fully saturated rings. The summed E-state index contributed by atoms with van der Waals surface area (Å²) in [5, 5.41) is 2.84. The summed E-state index contributed by atoms with van der Waals surface area (Å²) in [4.78, 5) is 12.6. The molecule has 33 heavy (non-hydrogen) atoms. The molecular formula is C27H42N2O3S. The van der Waals surface area contributed by atoms with Crippen molar-refractivity contribution in [1.29, 1.82) is 0 Å².